The number of pyridine rings is 1. The second-order valence-electron chi connectivity index (χ2n) is 4.30. The Bertz CT molecular complexity index is 601. The van der Waals surface area contributed by atoms with Crippen LogP contribution in [-0.4, -0.2) is 34.0 Å². The van der Waals surface area contributed by atoms with Crippen molar-refractivity contribution in [3.05, 3.63) is 41.0 Å². The topological polar surface area (TPSA) is 53.4 Å². The molecular formula is C14H15ClN2O2. The number of carboxylic acid groups (broad SMARTS) is 1. The van der Waals surface area contributed by atoms with Crippen LogP contribution in [0.5, 0.6) is 0 Å². The van der Waals surface area contributed by atoms with Crippen LogP contribution in [-0.2, 0) is 11.3 Å². The first-order valence-corrected chi connectivity index (χ1v) is 6.46. The molecule has 19 heavy (non-hydrogen) atoms. The average molecular weight is 279 g/mol. The Labute approximate surface area is 116 Å². The Hall–Kier alpha value is -1.65. The van der Waals surface area contributed by atoms with Gasteiger partial charge in [-0.2, -0.15) is 0 Å². The van der Waals surface area contributed by atoms with Gasteiger partial charge in [0, 0.05) is 23.2 Å². The standard InChI is InChI=1S/C14H15ClN2O2/c1-2-17(9-13(18)19)8-10-5-6-12(15)11-4-3-7-16-14(10)11/h3-7H,2,8-9H2,1H3,(H,18,19). The minimum atomic E-state index is -0.826. The Balaban J connectivity index is 2.35. The maximum atomic E-state index is 10.8. The van der Waals surface area contributed by atoms with Gasteiger partial charge in [0.05, 0.1) is 12.1 Å². The highest BCUT2D eigenvalue weighted by atomic mass is 35.5. The zero-order chi connectivity index (χ0) is 13.8. The summed E-state index contributed by atoms with van der Waals surface area (Å²) in [6.45, 7) is 3.18. The summed E-state index contributed by atoms with van der Waals surface area (Å²) in [5.74, 6) is -0.826. The van der Waals surface area contributed by atoms with Crippen molar-refractivity contribution in [1.82, 2.24) is 9.88 Å². The molecule has 0 radical (unpaired) electrons. The van der Waals surface area contributed by atoms with E-state index >= 15 is 0 Å². The average Bonchev–Trinajstić information content (AvgIpc) is 2.41. The summed E-state index contributed by atoms with van der Waals surface area (Å²) in [6, 6.07) is 7.49. The molecule has 0 spiro atoms. The van der Waals surface area contributed by atoms with E-state index in [-0.39, 0.29) is 6.54 Å². The fraction of sp³-hybridized carbons (Fsp3) is 0.286. The number of likely N-dealkylation sites (N-methyl/N-ethyl adjacent to an activating group) is 1. The number of carbonyl (C=O) groups is 1. The third-order valence-electron chi connectivity index (χ3n) is 3.00. The SMILES string of the molecule is CCN(CC(=O)O)Cc1ccc(Cl)c2cccnc12. The molecule has 4 nitrogen and oxygen atoms in total. The molecule has 0 fully saturated rings. The Morgan fingerprint density at radius 1 is 1.42 bits per heavy atom. The molecule has 5 heteroatoms. The number of hydrogen-bond acceptors (Lipinski definition) is 3. The lowest BCUT2D eigenvalue weighted by Gasteiger charge is -2.19. The van der Waals surface area contributed by atoms with Crippen molar-refractivity contribution >= 4 is 28.5 Å². The van der Waals surface area contributed by atoms with E-state index < -0.39 is 5.97 Å². The van der Waals surface area contributed by atoms with E-state index in [9.17, 15) is 4.79 Å². The molecule has 0 amide bonds. The van der Waals surface area contributed by atoms with Crippen molar-refractivity contribution in [3.63, 3.8) is 0 Å². The highest BCUT2D eigenvalue weighted by molar-refractivity contribution is 6.35. The lowest BCUT2D eigenvalue weighted by Crippen LogP contribution is -2.29. The molecule has 1 heterocycles. The lowest BCUT2D eigenvalue weighted by molar-refractivity contribution is -0.138. The molecule has 0 aliphatic carbocycles. The number of halogens is 1. The van der Waals surface area contributed by atoms with Gasteiger partial charge in [-0.15, -0.1) is 0 Å². The van der Waals surface area contributed by atoms with Gasteiger partial charge in [-0.1, -0.05) is 24.6 Å². The number of hydrogen-bond donors (Lipinski definition) is 1. The second-order valence-corrected chi connectivity index (χ2v) is 4.71. The molecule has 0 unspecified atom stereocenters. The van der Waals surface area contributed by atoms with Gasteiger partial charge in [-0.05, 0) is 30.3 Å². The smallest absolute Gasteiger partial charge is 0.317 e. The van der Waals surface area contributed by atoms with Gasteiger partial charge in [0.25, 0.3) is 0 Å². The van der Waals surface area contributed by atoms with Crippen LogP contribution in [0.15, 0.2) is 30.5 Å². The first kappa shape index (κ1) is 13.8. The van der Waals surface area contributed by atoms with Crippen molar-refractivity contribution < 1.29 is 9.90 Å². The Kier molecular flexibility index (Phi) is 4.35. The third-order valence-corrected chi connectivity index (χ3v) is 3.33. The molecule has 2 aromatic rings. The number of benzene rings is 1. The van der Waals surface area contributed by atoms with Crippen LogP contribution in [0, 0.1) is 0 Å². The number of carboxylic acids is 1. The highest BCUT2D eigenvalue weighted by Gasteiger charge is 2.11. The summed E-state index contributed by atoms with van der Waals surface area (Å²) < 4.78 is 0. The molecule has 1 aromatic heterocycles. The van der Waals surface area contributed by atoms with Crippen LogP contribution < -0.4 is 0 Å². The van der Waals surface area contributed by atoms with Crippen LogP contribution in [0.3, 0.4) is 0 Å². The van der Waals surface area contributed by atoms with E-state index in [0.717, 1.165) is 16.5 Å². The van der Waals surface area contributed by atoms with E-state index in [2.05, 4.69) is 4.98 Å². The van der Waals surface area contributed by atoms with Crippen LogP contribution >= 0.6 is 11.6 Å². The predicted octanol–water partition coefficient (Wildman–Crippen LogP) is 2.79. The summed E-state index contributed by atoms with van der Waals surface area (Å²) in [7, 11) is 0. The summed E-state index contributed by atoms with van der Waals surface area (Å²) >= 11 is 6.14. The first-order valence-electron chi connectivity index (χ1n) is 6.08. The number of aromatic nitrogens is 1. The predicted molar refractivity (Wildman–Crippen MR) is 75.3 cm³/mol. The Morgan fingerprint density at radius 3 is 2.89 bits per heavy atom. The van der Waals surface area contributed by atoms with E-state index in [0.29, 0.717) is 18.1 Å². The molecule has 2 rings (SSSR count). The zero-order valence-corrected chi connectivity index (χ0v) is 11.4. The molecule has 1 aromatic carbocycles. The molecule has 100 valence electrons. The van der Waals surface area contributed by atoms with Gasteiger partial charge >= 0.3 is 5.97 Å². The van der Waals surface area contributed by atoms with Gasteiger partial charge < -0.3 is 5.11 Å². The van der Waals surface area contributed by atoms with Crippen molar-refractivity contribution in [2.24, 2.45) is 0 Å². The van der Waals surface area contributed by atoms with Crippen molar-refractivity contribution in [2.75, 3.05) is 13.1 Å². The van der Waals surface area contributed by atoms with E-state index in [4.69, 9.17) is 16.7 Å². The second kappa shape index (κ2) is 5.99. The number of nitrogens with zero attached hydrogens (tertiary/aromatic N) is 2. The molecule has 0 saturated carbocycles. The maximum Gasteiger partial charge on any atom is 0.317 e. The summed E-state index contributed by atoms with van der Waals surface area (Å²) in [6.07, 6.45) is 1.72. The molecule has 0 aliphatic heterocycles. The molecule has 0 bridgehead atoms. The monoisotopic (exact) mass is 278 g/mol. The van der Waals surface area contributed by atoms with E-state index in [1.54, 1.807) is 6.20 Å². The van der Waals surface area contributed by atoms with Crippen LogP contribution in [0.25, 0.3) is 10.9 Å². The van der Waals surface area contributed by atoms with E-state index in [1.807, 2.05) is 36.1 Å². The minimum absolute atomic E-state index is 0.0213. The fourth-order valence-corrected chi connectivity index (χ4v) is 2.25. The molecule has 1 N–H and O–H groups in total. The van der Waals surface area contributed by atoms with Gasteiger partial charge in [0.15, 0.2) is 0 Å². The van der Waals surface area contributed by atoms with Crippen molar-refractivity contribution in [3.8, 4) is 0 Å². The van der Waals surface area contributed by atoms with Gasteiger partial charge in [0.1, 0.15) is 0 Å². The van der Waals surface area contributed by atoms with Crippen molar-refractivity contribution in [2.45, 2.75) is 13.5 Å². The first-order chi connectivity index (χ1) is 9.11. The normalized spacial score (nSPS) is 11.1. The zero-order valence-electron chi connectivity index (χ0n) is 10.6. The largest absolute Gasteiger partial charge is 0.480 e. The molecule has 0 atom stereocenters. The number of rotatable bonds is 5. The summed E-state index contributed by atoms with van der Waals surface area (Å²) in [5, 5.41) is 10.4. The highest BCUT2D eigenvalue weighted by Crippen LogP contribution is 2.25. The van der Waals surface area contributed by atoms with Gasteiger partial charge in [-0.25, -0.2) is 0 Å². The maximum absolute atomic E-state index is 10.8. The molecular weight excluding hydrogens is 264 g/mol. The lowest BCUT2D eigenvalue weighted by atomic mass is 10.1. The van der Waals surface area contributed by atoms with Crippen LogP contribution in [0.2, 0.25) is 5.02 Å². The van der Waals surface area contributed by atoms with E-state index in [1.165, 1.54) is 0 Å². The molecule has 0 aliphatic rings. The van der Waals surface area contributed by atoms with Gasteiger partial charge in [0.2, 0.25) is 0 Å². The number of aliphatic carboxylic acids is 1. The van der Waals surface area contributed by atoms with Crippen LogP contribution in [0.1, 0.15) is 12.5 Å². The van der Waals surface area contributed by atoms with Gasteiger partial charge in [-0.3, -0.25) is 14.7 Å². The summed E-state index contributed by atoms with van der Waals surface area (Å²) in [4.78, 5) is 17.0. The third kappa shape index (κ3) is 3.22. The summed E-state index contributed by atoms with van der Waals surface area (Å²) in [5.41, 5.74) is 1.82. The van der Waals surface area contributed by atoms with Crippen molar-refractivity contribution in [1.29, 1.82) is 0 Å². The quantitative estimate of drug-likeness (QED) is 0.914. The molecule has 0 saturated heterocycles. The number of fused-ring (bicyclic) bond motifs is 1. The fourth-order valence-electron chi connectivity index (χ4n) is 2.04. The Morgan fingerprint density at radius 2 is 2.21 bits per heavy atom. The minimum Gasteiger partial charge on any atom is -0.480 e. The van der Waals surface area contributed by atoms with Crippen LogP contribution in [0.4, 0.5) is 0 Å².